The number of nitrogens with two attached hydrogens (primary N) is 1. The highest BCUT2D eigenvalue weighted by atomic mass is 16.2. The lowest BCUT2D eigenvalue weighted by Gasteiger charge is -2.01. The Bertz CT molecular complexity index is 357. The molecule has 0 aliphatic carbocycles. The second-order valence-corrected chi connectivity index (χ2v) is 3.02. The Morgan fingerprint density at radius 1 is 1.50 bits per heavy atom. The van der Waals surface area contributed by atoms with Gasteiger partial charge in [0.2, 0.25) is 17.7 Å². The summed E-state index contributed by atoms with van der Waals surface area (Å²) in [5, 5.41) is 8.31. The van der Waals surface area contributed by atoms with Gasteiger partial charge in [0.25, 0.3) is 5.91 Å². The van der Waals surface area contributed by atoms with E-state index in [2.05, 4.69) is 20.5 Å². The van der Waals surface area contributed by atoms with Crippen molar-refractivity contribution in [3.63, 3.8) is 0 Å². The second-order valence-electron chi connectivity index (χ2n) is 3.02. The van der Waals surface area contributed by atoms with Gasteiger partial charge in [-0.2, -0.15) is 4.98 Å². The highest BCUT2D eigenvalue weighted by molar-refractivity contribution is 5.92. The molecule has 0 aromatic carbocycles. The zero-order valence-electron chi connectivity index (χ0n) is 7.87. The number of anilines is 1. The second kappa shape index (κ2) is 3.86. The maximum atomic E-state index is 11.2. The van der Waals surface area contributed by atoms with Crippen molar-refractivity contribution in [3.8, 4) is 0 Å². The molecule has 1 aromatic rings. The number of H-pyrrole nitrogens is 1. The van der Waals surface area contributed by atoms with Gasteiger partial charge in [-0.05, 0) is 0 Å². The molecule has 0 spiro atoms. The Labute approximate surface area is 80.1 Å². The van der Waals surface area contributed by atoms with Crippen molar-refractivity contribution >= 4 is 17.8 Å². The van der Waals surface area contributed by atoms with Crippen LogP contribution in [0.25, 0.3) is 0 Å². The van der Waals surface area contributed by atoms with Gasteiger partial charge < -0.3 is 5.73 Å². The third-order valence-corrected chi connectivity index (χ3v) is 1.48. The molecule has 7 heteroatoms. The quantitative estimate of drug-likeness (QED) is 0.605. The van der Waals surface area contributed by atoms with Crippen LogP contribution in [0.15, 0.2) is 0 Å². The van der Waals surface area contributed by atoms with Crippen LogP contribution in [0.1, 0.15) is 24.5 Å². The summed E-state index contributed by atoms with van der Waals surface area (Å²) in [7, 11) is 0. The van der Waals surface area contributed by atoms with Gasteiger partial charge in [0.05, 0.1) is 0 Å². The Balaban J connectivity index is 2.69. The number of nitrogens with zero attached hydrogens (tertiary/aromatic N) is 2. The minimum Gasteiger partial charge on any atom is -0.363 e. The molecule has 0 aliphatic heterocycles. The number of nitrogens with one attached hydrogen (secondary N) is 2. The molecular formula is C7H11N5O2. The largest absolute Gasteiger partial charge is 0.363 e. The summed E-state index contributed by atoms with van der Waals surface area (Å²) in [4.78, 5) is 25.4. The van der Waals surface area contributed by atoms with Crippen molar-refractivity contribution < 1.29 is 9.59 Å². The predicted octanol–water partition coefficient (Wildman–Crippen LogP) is -0.502. The predicted molar refractivity (Wildman–Crippen MR) is 48.4 cm³/mol. The molecule has 0 atom stereocenters. The van der Waals surface area contributed by atoms with Crippen LogP contribution in [-0.2, 0) is 4.79 Å². The first-order chi connectivity index (χ1) is 6.50. The smallest absolute Gasteiger partial charge is 0.286 e. The van der Waals surface area contributed by atoms with Gasteiger partial charge in [-0.1, -0.05) is 13.8 Å². The average molecular weight is 197 g/mol. The minimum absolute atomic E-state index is 0.0532. The van der Waals surface area contributed by atoms with Crippen LogP contribution in [0, 0.1) is 5.92 Å². The van der Waals surface area contributed by atoms with E-state index in [0.717, 1.165) is 0 Å². The van der Waals surface area contributed by atoms with E-state index in [9.17, 15) is 9.59 Å². The zero-order valence-corrected chi connectivity index (χ0v) is 7.87. The van der Waals surface area contributed by atoms with Crippen molar-refractivity contribution in [1.29, 1.82) is 0 Å². The number of hydrogen-bond donors (Lipinski definition) is 3. The van der Waals surface area contributed by atoms with Gasteiger partial charge in [0.1, 0.15) is 0 Å². The van der Waals surface area contributed by atoms with Gasteiger partial charge in [0.15, 0.2) is 0 Å². The van der Waals surface area contributed by atoms with Crippen LogP contribution >= 0.6 is 0 Å². The van der Waals surface area contributed by atoms with Gasteiger partial charge in [-0.25, -0.2) is 0 Å². The maximum Gasteiger partial charge on any atom is 0.286 e. The lowest BCUT2D eigenvalue weighted by molar-refractivity contribution is -0.118. The van der Waals surface area contributed by atoms with E-state index in [1.54, 1.807) is 13.8 Å². The average Bonchev–Trinajstić information content (AvgIpc) is 2.52. The fourth-order valence-electron chi connectivity index (χ4n) is 0.682. The maximum absolute atomic E-state index is 11.2. The van der Waals surface area contributed by atoms with E-state index in [1.807, 2.05) is 0 Å². The summed E-state index contributed by atoms with van der Waals surface area (Å²) in [6, 6.07) is 0. The number of aromatic nitrogens is 3. The number of amides is 2. The first kappa shape index (κ1) is 10.2. The fourth-order valence-corrected chi connectivity index (χ4v) is 0.682. The van der Waals surface area contributed by atoms with Crippen LogP contribution in [-0.4, -0.2) is 27.0 Å². The molecule has 4 N–H and O–H groups in total. The van der Waals surface area contributed by atoms with E-state index < -0.39 is 5.91 Å². The summed E-state index contributed by atoms with van der Waals surface area (Å²) >= 11 is 0. The fraction of sp³-hybridized carbons (Fsp3) is 0.429. The summed E-state index contributed by atoms with van der Waals surface area (Å²) in [5.41, 5.74) is 4.93. The Hall–Kier alpha value is -1.92. The van der Waals surface area contributed by atoms with Gasteiger partial charge >= 0.3 is 0 Å². The third kappa shape index (κ3) is 2.28. The first-order valence-electron chi connectivity index (χ1n) is 4.03. The van der Waals surface area contributed by atoms with Crippen LogP contribution in [0.5, 0.6) is 0 Å². The SMILES string of the molecule is CC(C)C(=O)Nc1n[nH]c(C(N)=O)n1. The Morgan fingerprint density at radius 3 is 2.57 bits per heavy atom. The van der Waals surface area contributed by atoms with Gasteiger partial charge in [-0.15, -0.1) is 5.10 Å². The lowest BCUT2D eigenvalue weighted by Crippen LogP contribution is -2.19. The molecule has 0 bridgehead atoms. The van der Waals surface area contributed by atoms with Gasteiger partial charge in [0, 0.05) is 5.92 Å². The van der Waals surface area contributed by atoms with E-state index in [1.165, 1.54) is 0 Å². The third-order valence-electron chi connectivity index (χ3n) is 1.48. The number of carbonyl (C=O) groups excluding carboxylic acids is 2. The molecule has 0 aliphatic rings. The van der Waals surface area contributed by atoms with Crippen LogP contribution in [0.2, 0.25) is 0 Å². The van der Waals surface area contributed by atoms with Crippen LogP contribution in [0.3, 0.4) is 0 Å². The summed E-state index contributed by atoms with van der Waals surface area (Å²) in [6.45, 7) is 3.47. The normalized spacial score (nSPS) is 10.2. The molecule has 0 saturated heterocycles. The Morgan fingerprint density at radius 2 is 2.14 bits per heavy atom. The van der Waals surface area contributed by atoms with Crippen molar-refractivity contribution in [2.24, 2.45) is 11.7 Å². The molecule has 14 heavy (non-hydrogen) atoms. The molecule has 1 heterocycles. The van der Waals surface area contributed by atoms with E-state index in [0.29, 0.717) is 0 Å². The van der Waals surface area contributed by atoms with Crippen molar-refractivity contribution in [2.45, 2.75) is 13.8 Å². The number of rotatable bonds is 3. The highest BCUT2D eigenvalue weighted by Crippen LogP contribution is 2.01. The summed E-state index contributed by atoms with van der Waals surface area (Å²) in [5.74, 6) is -1.14. The number of hydrogen-bond acceptors (Lipinski definition) is 4. The summed E-state index contributed by atoms with van der Waals surface area (Å²) in [6.07, 6.45) is 0. The lowest BCUT2D eigenvalue weighted by atomic mass is 10.2. The van der Waals surface area contributed by atoms with E-state index in [4.69, 9.17) is 5.73 Å². The molecule has 0 radical (unpaired) electrons. The van der Waals surface area contributed by atoms with Crippen molar-refractivity contribution in [3.05, 3.63) is 5.82 Å². The zero-order chi connectivity index (χ0) is 10.7. The molecule has 1 aromatic heterocycles. The highest BCUT2D eigenvalue weighted by Gasteiger charge is 2.12. The number of carbonyl (C=O) groups is 2. The van der Waals surface area contributed by atoms with Crippen molar-refractivity contribution in [2.75, 3.05) is 5.32 Å². The topological polar surface area (TPSA) is 114 Å². The number of primary amides is 1. The molecule has 0 unspecified atom stereocenters. The van der Waals surface area contributed by atoms with Crippen LogP contribution in [0.4, 0.5) is 5.95 Å². The van der Waals surface area contributed by atoms with E-state index >= 15 is 0 Å². The standard InChI is InChI=1S/C7H11N5O2/c1-3(2)6(14)10-7-9-5(4(8)13)11-12-7/h3H,1-2H3,(H2,8,13)(H2,9,10,11,12,14). The molecule has 0 fully saturated rings. The van der Waals surface area contributed by atoms with Crippen molar-refractivity contribution in [1.82, 2.24) is 15.2 Å². The Kier molecular flexibility index (Phi) is 2.80. The van der Waals surface area contributed by atoms with Gasteiger partial charge in [-0.3, -0.25) is 20.0 Å². The molecule has 7 nitrogen and oxygen atoms in total. The minimum atomic E-state index is -0.720. The summed E-state index contributed by atoms with van der Waals surface area (Å²) < 4.78 is 0. The molecule has 1 rings (SSSR count). The monoisotopic (exact) mass is 197 g/mol. The number of aromatic amines is 1. The molecule has 76 valence electrons. The molecular weight excluding hydrogens is 186 g/mol. The van der Waals surface area contributed by atoms with Crippen LogP contribution < -0.4 is 11.1 Å². The van der Waals surface area contributed by atoms with E-state index in [-0.39, 0.29) is 23.6 Å². The molecule has 2 amide bonds. The first-order valence-corrected chi connectivity index (χ1v) is 4.03. The molecule has 0 saturated carbocycles.